The Hall–Kier alpha value is -1.55. The van der Waals surface area contributed by atoms with Gasteiger partial charge in [-0.2, -0.15) is 0 Å². The number of aromatic hydroxyl groups is 1. The van der Waals surface area contributed by atoms with E-state index in [1.165, 1.54) is 0 Å². The summed E-state index contributed by atoms with van der Waals surface area (Å²) < 4.78 is 0. The SMILES string of the molecule is CNC(C)(C)C(=O)NCCc1ccc(O)cc1. The van der Waals surface area contributed by atoms with Crippen molar-refractivity contribution in [1.29, 1.82) is 0 Å². The summed E-state index contributed by atoms with van der Waals surface area (Å²) in [5, 5.41) is 15.0. The van der Waals surface area contributed by atoms with E-state index < -0.39 is 5.54 Å². The van der Waals surface area contributed by atoms with Gasteiger partial charge in [0.05, 0.1) is 5.54 Å². The van der Waals surface area contributed by atoms with E-state index in [9.17, 15) is 4.79 Å². The zero-order valence-corrected chi connectivity index (χ0v) is 10.6. The van der Waals surface area contributed by atoms with Gasteiger partial charge >= 0.3 is 0 Å². The molecule has 0 aliphatic rings. The second kappa shape index (κ2) is 5.68. The molecule has 3 N–H and O–H groups in total. The highest BCUT2D eigenvalue weighted by atomic mass is 16.3. The van der Waals surface area contributed by atoms with Gasteiger partial charge in [-0.1, -0.05) is 12.1 Å². The lowest BCUT2D eigenvalue weighted by atomic mass is 10.1. The standard InChI is InChI=1S/C13H20N2O2/c1-13(2,14-3)12(17)15-9-8-10-4-6-11(16)7-5-10/h4-7,14,16H,8-9H2,1-3H3,(H,15,17). The van der Waals surface area contributed by atoms with Crippen molar-refractivity contribution in [2.75, 3.05) is 13.6 Å². The Morgan fingerprint density at radius 2 is 1.88 bits per heavy atom. The fraction of sp³-hybridized carbons (Fsp3) is 0.462. The number of nitrogens with one attached hydrogen (secondary N) is 2. The van der Waals surface area contributed by atoms with E-state index in [2.05, 4.69) is 10.6 Å². The summed E-state index contributed by atoms with van der Waals surface area (Å²) in [6.07, 6.45) is 0.756. The van der Waals surface area contributed by atoms with E-state index in [4.69, 9.17) is 5.11 Å². The van der Waals surface area contributed by atoms with Crippen molar-refractivity contribution in [3.63, 3.8) is 0 Å². The molecule has 4 nitrogen and oxygen atoms in total. The van der Waals surface area contributed by atoms with E-state index in [1.807, 2.05) is 26.0 Å². The van der Waals surface area contributed by atoms with Crippen molar-refractivity contribution in [1.82, 2.24) is 10.6 Å². The molecular formula is C13H20N2O2. The molecule has 1 aromatic carbocycles. The Bertz CT molecular complexity index is 372. The summed E-state index contributed by atoms with van der Waals surface area (Å²) >= 11 is 0. The lowest BCUT2D eigenvalue weighted by Gasteiger charge is -2.22. The summed E-state index contributed by atoms with van der Waals surface area (Å²) in [4.78, 5) is 11.7. The summed E-state index contributed by atoms with van der Waals surface area (Å²) in [7, 11) is 1.76. The lowest BCUT2D eigenvalue weighted by Crippen LogP contribution is -2.51. The molecule has 1 rings (SSSR count). The van der Waals surface area contributed by atoms with Crippen LogP contribution in [0.15, 0.2) is 24.3 Å². The third-order valence-corrected chi connectivity index (χ3v) is 2.83. The van der Waals surface area contributed by atoms with E-state index >= 15 is 0 Å². The first kappa shape index (κ1) is 13.5. The van der Waals surface area contributed by atoms with Gasteiger partial charge in [-0.3, -0.25) is 4.79 Å². The number of likely N-dealkylation sites (N-methyl/N-ethyl adjacent to an activating group) is 1. The van der Waals surface area contributed by atoms with Gasteiger partial charge in [0, 0.05) is 6.54 Å². The summed E-state index contributed by atoms with van der Waals surface area (Å²) in [6, 6.07) is 7.00. The highest BCUT2D eigenvalue weighted by molar-refractivity contribution is 5.85. The zero-order chi connectivity index (χ0) is 12.9. The zero-order valence-electron chi connectivity index (χ0n) is 10.6. The van der Waals surface area contributed by atoms with Gasteiger partial charge in [0.2, 0.25) is 5.91 Å². The van der Waals surface area contributed by atoms with E-state index in [0.717, 1.165) is 12.0 Å². The van der Waals surface area contributed by atoms with Gasteiger partial charge in [-0.05, 0) is 45.0 Å². The maximum Gasteiger partial charge on any atom is 0.239 e. The predicted octanol–water partition coefficient (Wildman–Crippen LogP) is 1.05. The number of benzene rings is 1. The minimum atomic E-state index is -0.547. The number of hydrogen-bond donors (Lipinski definition) is 3. The molecule has 0 aliphatic carbocycles. The molecule has 0 unspecified atom stereocenters. The predicted molar refractivity (Wildman–Crippen MR) is 68.0 cm³/mol. The van der Waals surface area contributed by atoms with E-state index in [0.29, 0.717) is 6.54 Å². The number of carbonyl (C=O) groups is 1. The fourth-order valence-corrected chi connectivity index (χ4v) is 1.32. The van der Waals surface area contributed by atoms with Gasteiger partial charge < -0.3 is 15.7 Å². The molecule has 17 heavy (non-hydrogen) atoms. The Morgan fingerprint density at radius 1 is 1.29 bits per heavy atom. The number of rotatable bonds is 5. The topological polar surface area (TPSA) is 61.4 Å². The minimum Gasteiger partial charge on any atom is -0.508 e. The minimum absolute atomic E-state index is 0.0150. The molecular weight excluding hydrogens is 216 g/mol. The Kier molecular flexibility index (Phi) is 4.52. The van der Waals surface area contributed by atoms with Crippen LogP contribution in [-0.2, 0) is 11.2 Å². The first-order chi connectivity index (χ1) is 7.95. The molecule has 0 bridgehead atoms. The number of hydrogen-bond acceptors (Lipinski definition) is 3. The van der Waals surface area contributed by atoms with Crippen molar-refractivity contribution >= 4 is 5.91 Å². The van der Waals surface area contributed by atoms with Crippen LogP contribution in [0.3, 0.4) is 0 Å². The highest BCUT2D eigenvalue weighted by Crippen LogP contribution is 2.09. The monoisotopic (exact) mass is 236 g/mol. The van der Waals surface area contributed by atoms with Crippen LogP contribution in [0.4, 0.5) is 0 Å². The fourth-order valence-electron chi connectivity index (χ4n) is 1.32. The third kappa shape index (κ3) is 4.07. The quantitative estimate of drug-likeness (QED) is 0.716. The number of phenolic OH excluding ortho intramolecular Hbond substituents is 1. The summed E-state index contributed by atoms with van der Waals surface area (Å²) in [5.41, 5.74) is 0.542. The van der Waals surface area contributed by atoms with Crippen LogP contribution in [0, 0.1) is 0 Å². The molecule has 0 radical (unpaired) electrons. The molecule has 0 atom stereocenters. The summed E-state index contributed by atoms with van der Waals surface area (Å²) in [6.45, 7) is 4.26. The molecule has 0 aliphatic heterocycles. The second-order valence-electron chi connectivity index (χ2n) is 4.55. The molecule has 0 heterocycles. The normalized spacial score (nSPS) is 11.2. The first-order valence-corrected chi connectivity index (χ1v) is 5.71. The average molecular weight is 236 g/mol. The van der Waals surface area contributed by atoms with E-state index in [1.54, 1.807) is 19.2 Å². The van der Waals surface area contributed by atoms with Crippen molar-refractivity contribution in [3.05, 3.63) is 29.8 Å². The molecule has 1 aromatic rings. The highest BCUT2D eigenvalue weighted by Gasteiger charge is 2.24. The second-order valence-corrected chi connectivity index (χ2v) is 4.55. The van der Waals surface area contributed by atoms with Crippen LogP contribution < -0.4 is 10.6 Å². The van der Waals surface area contributed by atoms with Crippen molar-refractivity contribution in [2.24, 2.45) is 0 Å². The Labute approximate surface area is 102 Å². The number of carbonyl (C=O) groups excluding carboxylic acids is 1. The van der Waals surface area contributed by atoms with Gasteiger partial charge in [-0.25, -0.2) is 0 Å². The van der Waals surface area contributed by atoms with Crippen LogP contribution in [0.2, 0.25) is 0 Å². The number of phenols is 1. The largest absolute Gasteiger partial charge is 0.508 e. The molecule has 0 saturated carbocycles. The number of amides is 1. The smallest absolute Gasteiger partial charge is 0.239 e. The molecule has 94 valence electrons. The maximum absolute atomic E-state index is 11.7. The van der Waals surface area contributed by atoms with Crippen molar-refractivity contribution < 1.29 is 9.90 Å². The van der Waals surface area contributed by atoms with Crippen molar-refractivity contribution in [3.8, 4) is 5.75 Å². The first-order valence-electron chi connectivity index (χ1n) is 5.71. The average Bonchev–Trinajstić information content (AvgIpc) is 2.31. The molecule has 0 spiro atoms. The van der Waals surface area contributed by atoms with Crippen LogP contribution in [-0.4, -0.2) is 30.1 Å². The molecule has 4 heteroatoms. The molecule has 0 fully saturated rings. The van der Waals surface area contributed by atoms with Gasteiger partial charge in [-0.15, -0.1) is 0 Å². The van der Waals surface area contributed by atoms with Crippen LogP contribution in [0.25, 0.3) is 0 Å². The van der Waals surface area contributed by atoms with Gasteiger partial charge in [0.1, 0.15) is 5.75 Å². The molecule has 0 saturated heterocycles. The Morgan fingerprint density at radius 3 is 2.41 bits per heavy atom. The summed E-state index contributed by atoms with van der Waals surface area (Å²) in [5.74, 6) is 0.243. The maximum atomic E-state index is 11.7. The van der Waals surface area contributed by atoms with Gasteiger partial charge in [0.25, 0.3) is 0 Å². The Balaban J connectivity index is 2.38. The van der Waals surface area contributed by atoms with E-state index in [-0.39, 0.29) is 11.7 Å². The molecule has 1 amide bonds. The lowest BCUT2D eigenvalue weighted by molar-refractivity contribution is -0.126. The van der Waals surface area contributed by atoms with Crippen LogP contribution in [0.1, 0.15) is 19.4 Å². The van der Waals surface area contributed by atoms with Gasteiger partial charge in [0.15, 0.2) is 0 Å². The molecule has 0 aromatic heterocycles. The van der Waals surface area contributed by atoms with Crippen molar-refractivity contribution in [2.45, 2.75) is 25.8 Å². The van der Waals surface area contributed by atoms with Crippen LogP contribution >= 0.6 is 0 Å². The third-order valence-electron chi connectivity index (χ3n) is 2.83. The van der Waals surface area contributed by atoms with Crippen LogP contribution in [0.5, 0.6) is 5.75 Å².